The fraction of sp³-hybridized carbons (Fsp3) is 0.129. The molecule has 0 fully saturated rings. The number of carbonyl (C=O) groups is 2. The van der Waals surface area contributed by atoms with Crippen LogP contribution >= 0.6 is 0 Å². The Labute approximate surface area is 218 Å². The van der Waals surface area contributed by atoms with E-state index in [9.17, 15) is 14.4 Å². The minimum absolute atomic E-state index is 0.0660. The van der Waals surface area contributed by atoms with Gasteiger partial charge in [-0.05, 0) is 41.6 Å². The third-order valence-corrected chi connectivity index (χ3v) is 6.27. The summed E-state index contributed by atoms with van der Waals surface area (Å²) in [5, 5.41) is 4.60. The van der Waals surface area contributed by atoms with E-state index in [1.54, 1.807) is 31.2 Å². The molecule has 1 amide bonds. The summed E-state index contributed by atoms with van der Waals surface area (Å²) in [5.74, 6) is -0.436. The molecule has 0 bridgehead atoms. The predicted molar refractivity (Wildman–Crippen MR) is 144 cm³/mol. The summed E-state index contributed by atoms with van der Waals surface area (Å²) >= 11 is 0. The molecule has 1 aromatic heterocycles. The Balaban J connectivity index is 1.39. The summed E-state index contributed by atoms with van der Waals surface area (Å²) < 4.78 is 16.6. The molecule has 4 aromatic carbocycles. The van der Waals surface area contributed by atoms with Gasteiger partial charge in [0.2, 0.25) is 0 Å². The number of fused-ring (bicyclic) bond motifs is 3. The van der Waals surface area contributed by atoms with Crippen molar-refractivity contribution in [2.75, 3.05) is 0 Å². The smallest absolute Gasteiger partial charge is 0.408 e. The molecule has 0 spiro atoms. The lowest BCUT2D eigenvalue weighted by Crippen LogP contribution is -2.44. The average molecular weight is 508 g/mol. The van der Waals surface area contributed by atoms with E-state index in [1.165, 1.54) is 0 Å². The van der Waals surface area contributed by atoms with Crippen LogP contribution in [0.15, 0.2) is 106 Å². The van der Waals surface area contributed by atoms with Crippen molar-refractivity contribution >= 4 is 33.8 Å². The average Bonchev–Trinajstić information content (AvgIpc) is 2.94. The Bertz CT molecular complexity index is 1660. The van der Waals surface area contributed by atoms with Gasteiger partial charge < -0.3 is 19.2 Å². The number of benzene rings is 4. The van der Waals surface area contributed by atoms with E-state index >= 15 is 0 Å². The lowest BCUT2D eigenvalue weighted by atomic mass is 10.0. The molecule has 0 radical (unpaired) electrons. The van der Waals surface area contributed by atoms with Gasteiger partial charge in [-0.2, -0.15) is 0 Å². The molecule has 5 rings (SSSR count). The number of rotatable bonds is 7. The number of alkyl carbamates (subject to hydrolysis) is 1. The van der Waals surface area contributed by atoms with Crippen LogP contribution in [0.4, 0.5) is 4.79 Å². The van der Waals surface area contributed by atoms with Gasteiger partial charge in [0.25, 0.3) is 0 Å². The van der Waals surface area contributed by atoms with Crippen LogP contribution in [-0.4, -0.2) is 18.1 Å². The molecule has 7 heteroatoms. The summed E-state index contributed by atoms with van der Waals surface area (Å²) in [6.45, 7) is 1.78. The van der Waals surface area contributed by atoms with Crippen LogP contribution in [0.1, 0.15) is 16.7 Å². The van der Waals surface area contributed by atoms with Crippen LogP contribution in [-0.2, 0) is 22.6 Å². The lowest BCUT2D eigenvalue weighted by Gasteiger charge is -2.19. The molecule has 1 atom stereocenters. The highest BCUT2D eigenvalue weighted by Crippen LogP contribution is 2.31. The molecule has 190 valence electrons. The normalized spacial score (nSPS) is 11.7. The highest BCUT2D eigenvalue weighted by Gasteiger charge is 2.25. The van der Waals surface area contributed by atoms with E-state index in [4.69, 9.17) is 13.9 Å². The molecule has 0 aliphatic heterocycles. The number of esters is 1. The Kier molecular flexibility index (Phi) is 7.17. The van der Waals surface area contributed by atoms with Gasteiger partial charge in [-0.1, -0.05) is 78.9 Å². The van der Waals surface area contributed by atoms with Crippen LogP contribution < -0.4 is 15.7 Å². The fourth-order valence-corrected chi connectivity index (χ4v) is 4.30. The van der Waals surface area contributed by atoms with Gasteiger partial charge in [0.15, 0.2) is 0 Å². The third-order valence-electron chi connectivity index (χ3n) is 6.27. The van der Waals surface area contributed by atoms with Gasteiger partial charge in [-0.25, -0.2) is 14.4 Å². The standard InChI is InChI=1S/C31H25NO6/c1-20-27(17-16-24-23-14-8-9-15-25(23)29(33)38-28(20)24)37-30(34)26(18-21-10-4-2-5-11-21)32-31(35)36-19-22-12-6-3-7-13-22/h2-17,26H,18-19H2,1H3,(H,32,35). The minimum atomic E-state index is -1.01. The number of ether oxygens (including phenoxy) is 2. The first-order valence-corrected chi connectivity index (χ1v) is 12.2. The zero-order chi connectivity index (χ0) is 26.5. The van der Waals surface area contributed by atoms with Crippen molar-refractivity contribution in [3.63, 3.8) is 0 Å². The summed E-state index contributed by atoms with van der Waals surface area (Å²) in [4.78, 5) is 38.4. The van der Waals surface area contributed by atoms with Gasteiger partial charge in [0.05, 0.1) is 5.39 Å². The first-order valence-electron chi connectivity index (χ1n) is 12.2. The lowest BCUT2D eigenvalue weighted by molar-refractivity contribution is -0.136. The maximum atomic E-state index is 13.3. The Morgan fingerprint density at radius 1 is 0.789 bits per heavy atom. The SMILES string of the molecule is Cc1c(OC(=O)C(Cc2ccccc2)NC(=O)OCc2ccccc2)ccc2c1oc(=O)c1ccccc12. The van der Waals surface area contributed by atoms with Crippen molar-refractivity contribution in [1.29, 1.82) is 0 Å². The van der Waals surface area contributed by atoms with Gasteiger partial charge in [-0.15, -0.1) is 0 Å². The van der Waals surface area contributed by atoms with E-state index in [0.717, 1.165) is 21.9 Å². The summed E-state index contributed by atoms with van der Waals surface area (Å²) in [6.07, 6.45) is -0.536. The quantitative estimate of drug-likeness (QED) is 0.131. The molecule has 0 saturated heterocycles. The molecule has 0 aliphatic carbocycles. The number of aryl methyl sites for hydroxylation is 1. The van der Waals surface area contributed by atoms with Crippen molar-refractivity contribution in [2.24, 2.45) is 0 Å². The molecule has 0 saturated carbocycles. The van der Waals surface area contributed by atoms with E-state index < -0.39 is 23.7 Å². The van der Waals surface area contributed by atoms with Crippen molar-refractivity contribution < 1.29 is 23.5 Å². The Morgan fingerprint density at radius 2 is 1.42 bits per heavy atom. The fourth-order valence-electron chi connectivity index (χ4n) is 4.30. The molecule has 38 heavy (non-hydrogen) atoms. The van der Waals surface area contributed by atoms with Crippen molar-refractivity contribution in [3.05, 3.63) is 124 Å². The van der Waals surface area contributed by atoms with E-state index in [1.807, 2.05) is 72.8 Å². The first kappa shape index (κ1) is 24.8. The van der Waals surface area contributed by atoms with Crippen LogP contribution in [0.3, 0.4) is 0 Å². The molecule has 7 nitrogen and oxygen atoms in total. The Hall–Kier alpha value is -4.91. The van der Waals surface area contributed by atoms with E-state index in [-0.39, 0.29) is 18.8 Å². The van der Waals surface area contributed by atoms with E-state index in [0.29, 0.717) is 16.5 Å². The predicted octanol–water partition coefficient (Wildman–Crippen LogP) is 5.70. The topological polar surface area (TPSA) is 94.8 Å². The maximum Gasteiger partial charge on any atom is 0.408 e. The number of hydrogen-bond donors (Lipinski definition) is 1. The monoisotopic (exact) mass is 507 g/mol. The van der Waals surface area contributed by atoms with Crippen LogP contribution in [0.25, 0.3) is 21.7 Å². The van der Waals surface area contributed by atoms with E-state index in [2.05, 4.69) is 5.32 Å². The summed E-state index contributed by atoms with van der Waals surface area (Å²) in [6, 6.07) is 28.1. The van der Waals surface area contributed by atoms with Crippen LogP contribution in [0.5, 0.6) is 5.75 Å². The summed E-state index contributed by atoms with van der Waals surface area (Å²) in [5.41, 5.74) is 2.04. The molecule has 1 heterocycles. The molecule has 1 unspecified atom stereocenters. The zero-order valence-corrected chi connectivity index (χ0v) is 20.7. The molecule has 5 aromatic rings. The number of hydrogen-bond acceptors (Lipinski definition) is 6. The van der Waals surface area contributed by atoms with Crippen molar-refractivity contribution in [3.8, 4) is 5.75 Å². The minimum Gasteiger partial charge on any atom is -0.445 e. The number of carbonyl (C=O) groups excluding carboxylic acids is 2. The zero-order valence-electron chi connectivity index (χ0n) is 20.7. The second-order valence-corrected chi connectivity index (χ2v) is 8.87. The van der Waals surface area contributed by atoms with Crippen molar-refractivity contribution in [1.82, 2.24) is 5.32 Å². The maximum absolute atomic E-state index is 13.3. The van der Waals surface area contributed by atoms with Gasteiger partial charge in [-0.3, -0.25) is 0 Å². The largest absolute Gasteiger partial charge is 0.445 e. The Morgan fingerprint density at radius 3 is 2.13 bits per heavy atom. The highest BCUT2D eigenvalue weighted by molar-refractivity contribution is 6.05. The van der Waals surface area contributed by atoms with Crippen LogP contribution in [0.2, 0.25) is 0 Å². The number of amides is 1. The number of nitrogens with one attached hydrogen (secondary N) is 1. The third kappa shape index (κ3) is 5.42. The molecule has 0 aliphatic rings. The second-order valence-electron chi connectivity index (χ2n) is 8.87. The van der Waals surface area contributed by atoms with Crippen molar-refractivity contribution in [2.45, 2.75) is 26.0 Å². The van der Waals surface area contributed by atoms with Crippen LogP contribution in [0, 0.1) is 6.92 Å². The summed E-state index contributed by atoms with van der Waals surface area (Å²) in [7, 11) is 0. The van der Waals surface area contributed by atoms with Gasteiger partial charge in [0, 0.05) is 17.4 Å². The highest BCUT2D eigenvalue weighted by atomic mass is 16.6. The molecule has 1 N–H and O–H groups in total. The van der Waals surface area contributed by atoms with Gasteiger partial charge >= 0.3 is 17.7 Å². The first-order chi connectivity index (χ1) is 18.5. The second kappa shape index (κ2) is 11.0. The molecular formula is C31H25NO6. The molecular weight excluding hydrogens is 482 g/mol. The van der Waals surface area contributed by atoms with Gasteiger partial charge in [0.1, 0.15) is 24.0 Å².